The quantitative estimate of drug-likeness (QED) is 0.0920. The summed E-state index contributed by atoms with van der Waals surface area (Å²) in [7, 11) is 0. The van der Waals surface area contributed by atoms with Gasteiger partial charge in [0.1, 0.15) is 6.61 Å². The average Bonchev–Trinajstić information content (AvgIpc) is 3.53. The van der Waals surface area contributed by atoms with Gasteiger partial charge in [-0.1, -0.05) is 40.3 Å². The molecular formula is C37H58N2O9. The number of amides is 2. The van der Waals surface area contributed by atoms with Crippen molar-refractivity contribution in [3.63, 3.8) is 0 Å². The Labute approximate surface area is 286 Å². The van der Waals surface area contributed by atoms with E-state index in [9.17, 15) is 33.6 Å². The molecule has 1 N–H and O–H groups in total. The van der Waals surface area contributed by atoms with Crippen molar-refractivity contribution < 1.29 is 43.0 Å². The van der Waals surface area contributed by atoms with E-state index in [-0.39, 0.29) is 85.5 Å². The normalized spacial score (nSPS) is 15.5. The minimum absolute atomic E-state index is 0.00771. The molecule has 0 bridgehead atoms. The lowest BCUT2D eigenvalue weighted by atomic mass is 9.97. The zero-order valence-electron chi connectivity index (χ0n) is 29.7. The van der Waals surface area contributed by atoms with Crippen LogP contribution in [0.2, 0.25) is 0 Å². The highest BCUT2D eigenvalue weighted by Gasteiger charge is 2.36. The summed E-state index contributed by atoms with van der Waals surface area (Å²) in [6.07, 6.45) is 6.62. The number of nitrogens with zero attached hydrogens (tertiary/aromatic N) is 1. The predicted molar refractivity (Wildman–Crippen MR) is 183 cm³/mol. The van der Waals surface area contributed by atoms with Crippen molar-refractivity contribution >= 4 is 40.7 Å². The SMILES string of the molecule is C=CC(=O)C[C@@H](C)C(=O)N1CCC[C@H]1C(=O)CCC(=O)N[C@@H](CC(C)C)C(=O)CCCOCCOCC(=O)CCCCCC(=O)C(=C)C. The number of hydrogen-bond acceptors (Lipinski definition) is 9. The summed E-state index contributed by atoms with van der Waals surface area (Å²) in [5.74, 6) is -1.47. The molecule has 3 atom stereocenters. The molecule has 0 aromatic heterocycles. The topological polar surface area (TPSA) is 153 Å². The Kier molecular flexibility index (Phi) is 21.3. The molecule has 0 spiro atoms. The lowest BCUT2D eigenvalue weighted by Gasteiger charge is -2.26. The van der Waals surface area contributed by atoms with E-state index in [1.807, 2.05) is 13.8 Å². The summed E-state index contributed by atoms with van der Waals surface area (Å²) in [6.45, 7) is 15.7. The predicted octanol–water partition coefficient (Wildman–Crippen LogP) is 4.69. The zero-order chi connectivity index (χ0) is 36.1. The van der Waals surface area contributed by atoms with Crippen LogP contribution in [0.1, 0.15) is 111 Å². The minimum atomic E-state index is -0.665. The first kappa shape index (κ1) is 42.7. The van der Waals surface area contributed by atoms with E-state index in [0.717, 1.165) is 19.3 Å². The number of likely N-dealkylation sites (tertiary alicyclic amines) is 1. The Morgan fingerprint density at radius 1 is 0.875 bits per heavy atom. The van der Waals surface area contributed by atoms with E-state index in [4.69, 9.17) is 9.47 Å². The fourth-order valence-electron chi connectivity index (χ4n) is 5.53. The fraction of sp³-hybridized carbons (Fsp3) is 0.703. The highest BCUT2D eigenvalue weighted by molar-refractivity contribution is 5.96. The molecule has 1 aliphatic heterocycles. The second-order valence-corrected chi connectivity index (χ2v) is 13.2. The van der Waals surface area contributed by atoms with Gasteiger partial charge < -0.3 is 19.7 Å². The molecule has 270 valence electrons. The molecule has 11 nitrogen and oxygen atoms in total. The van der Waals surface area contributed by atoms with Crippen LogP contribution in [0.15, 0.2) is 24.8 Å². The van der Waals surface area contributed by atoms with Crippen LogP contribution in [-0.2, 0) is 43.0 Å². The van der Waals surface area contributed by atoms with E-state index in [1.54, 1.807) is 13.8 Å². The molecule has 0 aromatic carbocycles. The van der Waals surface area contributed by atoms with Gasteiger partial charge >= 0.3 is 0 Å². The van der Waals surface area contributed by atoms with Crippen LogP contribution in [0, 0.1) is 11.8 Å². The van der Waals surface area contributed by atoms with E-state index >= 15 is 0 Å². The van der Waals surface area contributed by atoms with Gasteiger partial charge in [0.25, 0.3) is 0 Å². The molecule has 0 unspecified atom stereocenters. The van der Waals surface area contributed by atoms with E-state index in [0.29, 0.717) is 63.9 Å². The van der Waals surface area contributed by atoms with Crippen molar-refractivity contribution in [1.82, 2.24) is 10.2 Å². The van der Waals surface area contributed by atoms with Gasteiger partial charge in [-0.05, 0) is 63.0 Å². The van der Waals surface area contributed by atoms with Crippen molar-refractivity contribution in [2.75, 3.05) is 33.0 Å². The van der Waals surface area contributed by atoms with Crippen molar-refractivity contribution in [3.05, 3.63) is 24.8 Å². The molecule has 2 amide bonds. The highest BCUT2D eigenvalue weighted by atomic mass is 16.5. The summed E-state index contributed by atoms with van der Waals surface area (Å²) in [6, 6.07) is -1.27. The van der Waals surface area contributed by atoms with Crippen LogP contribution in [0.5, 0.6) is 0 Å². The monoisotopic (exact) mass is 674 g/mol. The third-order valence-electron chi connectivity index (χ3n) is 8.28. The lowest BCUT2D eigenvalue weighted by molar-refractivity contribution is -0.141. The third kappa shape index (κ3) is 17.7. The summed E-state index contributed by atoms with van der Waals surface area (Å²) in [5.41, 5.74) is 0.560. The molecule has 1 aliphatic rings. The first-order valence-corrected chi connectivity index (χ1v) is 17.4. The fourth-order valence-corrected chi connectivity index (χ4v) is 5.53. The van der Waals surface area contributed by atoms with Gasteiger partial charge in [0, 0.05) is 57.6 Å². The molecule has 0 aromatic rings. The zero-order valence-corrected chi connectivity index (χ0v) is 29.7. The maximum Gasteiger partial charge on any atom is 0.226 e. The van der Waals surface area contributed by atoms with E-state index < -0.39 is 18.0 Å². The summed E-state index contributed by atoms with van der Waals surface area (Å²) >= 11 is 0. The highest BCUT2D eigenvalue weighted by Crippen LogP contribution is 2.23. The maximum atomic E-state index is 13.0. The molecule has 48 heavy (non-hydrogen) atoms. The largest absolute Gasteiger partial charge is 0.379 e. The van der Waals surface area contributed by atoms with Gasteiger partial charge in [0.15, 0.2) is 28.9 Å². The summed E-state index contributed by atoms with van der Waals surface area (Å²) in [5, 5.41) is 2.81. The van der Waals surface area contributed by atoms with Crippen LogP contribution in [0.4, 0.5) is 0 Å². The second-order valence-electron chi connectivity index (χ2n) is 13.2. The van der Waals surface area contributed by atoms with Gasteiger partial charge in [-0.25, -0.2) is 0 Å². The Bertz CT molecular complexity index is 1130. The van der Waals surface area contributed by atoms with E-state index in [2.05, 4.69) is 18.5 Å². The van der Waals surface area contributed by atoms with Gasteiger partial charge in [-0.15, -0.1) is 0 Å². The Morgan fingerprint density at radius 2 is 1.56 bits per heavy atom. The molecular weight excluding hydrogens is 616 g/mol. The number of allylic oxidation sites excluding steroid dienone is 2. The average molecular weight is 675 g/mol. The first-order valence-electron chi connectivity index (χ1n) is 17.4. The number of carbonyl (C=O) groups is 7. The molecule has 0 radical (unpaired) electrons. The molecule has 0 saturated carbocycles. The van der Waals surface area contributed by atoms with Gasteiger partial charge in [-0.3, -0.25) is 33.6 Å². The van der Waals surface area contributed by atoms with Crippen LogP contribution in [0.25, 0.3) is 0 Å². The van der Waals surface area contributed by atoms with Crippen LogP contribution in [-0.4, -0.2) is 90.7 Å². The number of carbonyl (C=O) groups excluding carboxylic acids is 7. The first-order chi connectivity index (χ1) is 22.8. The van der Waals surface area contributed by atoms with Crippen molar-refractivity contribution in [3.8, 4) is 0 Å². The lowest BCUT2D eigenvalue weighted by Crippen LogP contribution is -2.44. The maximum absolute atomic E-state index is 13.0. The molecule has 1 heterocycles. The Balaban J connectivity index is 2.33. The Hall–Kier alpha value is -3.31. The standard InChI is InChI=1S/C37H58N2O9/c1-7-29(40)24-28(6)37(46)39-19-11-14-32(39)35(44)17-18-36(45)38-31(23-26(2)3)34(43)16-12-20-47-21-22-48-25-30(41)13-9-8-10-15-33(42)27(4)5/h7,26,28,31-32H,1,4,8-25H2,2-3,5-6H3,(H,38,45)/t28-,31+,32+/m1/s1. The number of ketones is 5. The third-order valence-corrected chi connectivity index (χ3v) is 8.28. The Morgan fingerprint density at radius 3 is 2.23 bits per heavy atom. The number of ether oxygens (including phenoxy) is 2. The number of hydrogen-bond donors (Lipinski definition) is 1. The van der Waals surface area contributed by atoms with Gasteiger partial charge in [0.2, 0.25) is 11.8 Å². The smallest absolute Gasteiger partial charge is 0.226 e. The van der Waals surface area contributed by atoms with Crippen LogP contribution >= 0.6 is 0 Å². The van der Waals surface area contributed by atoms with E-state index in [1.165, 1.54) is 11.0 Å². The number of nitrogens with one attached hydrogen (secondary N) is 1. The molecule has 0 aliphatic carbocycles. The molecule has 11 heteroatoms. The number of Topliss-reactive ketones (excluding diaryl/α,β-unsaturated/α-hetero) is 4. The molecule has 1 rings (SSSR count). The van der Waals surface area contributed by atoms with Crippen molar-refractivity contribution in [1.29, 1.82) is 0 Å². The molecule has 1 fully saturated rings. The van der Waals surface area contributed by atoms with Crippen molar-refractivity contribution in [2.24, 2.45) is 11.8 Å². The summed E-state index contributed by atoms with van der Waals surface area (Å²) < 4.78 is 10.9. The van der Waals surface area contributed by atoms with Gasteiger partial charge in [-0.2, -0.15) is 0 Å². The van der Waals surface area contributed by atoms with Gasteiger partial charge in [0.05, 0.1) is 25.3 Å². The second kappa shape index (κ2) is 23.9. The summed E-state index contributed by atoms with van der Waals surface area (Å²) in [4.78, 5) is 88.3. The minimum Gasteiger partial charge on any atom is -0.379 e. The van der Waals surface area contributed by atoms with Crippen LogP contribution in [0.3, 0.4) is 0 Å². The number of unbranched alkanes of at least 4 members (excludes halogenated alkanes) is 2. The van der Waals surface area contributed by atoms with Crippen LogP contribution < -0.4 is 5.32 Å². The number of rotatable bonds is 28. The van der Waals surface area contributed by atoms with Crippen molar-refractivity contribution in [2.45, 2.75) is 123 Å². The molecule has 1 saturated heterocycles.